The molecule has 1 fully saturated rings. The van der Waals surface area contributed by atoms with E-state index in [1.54, 1.807) is 6.07 Å². The van der Waals surface area contributed by atoms with Crippen molar-refractivity contribution < 1.29 is 17.9 Å². The molecule has 0 unspecified atom stereocenters. The molecule has 1 aliphatic carbocycles. The summed E-state index contributed by atoms with van der Waals surface area (Å²) in [6, 6.07) is 5.55. The molecule has 0 spiro atoms. The van der Waals surface area contributed by atoms with E-state index in [0.29, 0.717) is 24.8 Å². The van der Waals surface area contributed by atoms with E-state index in [0.717, 1.165) is 22.2 Å². The first-order chi connectivity index (χ1) is 10.8. The first-order valence-electron chi connectivity index (χ1n) is 7.75. The van der Waals surface area contributed by atoms with Crippen molar-refractivity contribution in [2.24, 2.45) is 0 Å². The summed E-state index contributed by atoms with van der Waals surface area (Å²) < 4.78 is 28.8. The molecule has 1 N–H and O–H groups in total. The molecule has 0 bridgehead atoms. The average molecular weight is 335 g/mol. The quantitative estimate of drug-likeness (QED) is 0.875. The Morgan fingerprint density at radius 3 is 2.65 bits per heavy atom. The smallest absolute Gasteiger partial charge is 0.340 e. The van der Waals surface area contributed by atoms with E-state index in [4.69, 9.17) is 4.74 Å². The lowest BCUT2D eigenvalue weighted by molar-refractivity contribution is 0.0320. The second-order valence-electron chi connectivity index (χ2n) is 6.40. The number of rotatable bonds is 3. The standard InChI is InChI=1S/C17H21NO4S/c1-10-11(2)18-16-14(10)5-4-6-15(16)17(19)22-12-7-8-13(9-12)23(3,20)21/h4-6,12-13,18H,7-9H2,1-3H3/t12-,13-/m1/s1. The zero-order valence-corrected chi connectivity index (χ0v) is 14.4. The Kier molecular flexibility index (Phi) is 3.96. The van der Waals surface area contributed by atoms with Gasteiger partial charge in [-0.05, 0) is 38.3 Å². The molecule has 1 aromatic carbocycles. The molecule has 1 aliphatic rings. The number of hydrogen-bond donors (Lipinski definition) is 1. The Morgan fingerprint density at radius 2 is 2.00 bits per heavy atom. The molecule has 0 saturated heterocycles. The van der Waals surface area contributed by atoms with Crippen LogP contribution < -0.4 is 0 Å². The van der Waals surface area contributed by atoms with E-state index in [-0.39, 0.29) is 6.10 Å². The summed E-state index contributed by atoms with van der Waals surface area (Å²) >= 11 is 0. The van der Waals surface area contributed by atoms with Crippen LogP contribution in [0.2, 0.25) is 0 Å². The van der Waals surface area contributed by atoms with Crippen molar-refractivity contribution in [2.75, 3.05) is 6.26 Å². The van der Waals surface area contributed by atoms with E-state index in [2.05, 4.69) is 4.98 Å². The lowest BCUT2D eigenvalue weighted by Gasteiger charge is -2.13. The highest BCUT2D eigenvalue weighted by Gasteiger charge is 2.34. The molecule has 23 heavy (non-hydrogen) atoms. The number of fused-ring (bicyclic) bond motifs is 1. The summed E-state index contributed by atoms with van der Waals surface area (Å²) in [4.78, 5) is 15.7. The number of carbonyl (C=O) groups is 1. The van der Waals surface area contributed by atoms with Crippen molar-refractivity contribution in [1.29, 1.82) is 0 Å². The number of aryl methyl sites for hydroxylation is 2. The number of sulfone groups is 1. The number of nitrogens with one attached hydrogen (secondary N) is 1. The molecular formula is C17H21NO4S. The normalized spacial score (nSPS) is 21.7. The number of aromatic nitrogens is 1. The molecule has 0 radical (unpaired) electrons. The Labute approximate surface area is 136 Å². The van der Waals surface area contributed by atoms with Gasteiger partial charge in [0.25, 0.3) is 0 Å². The summed E-state index contributed by atoms with van der Waals surface area (Å²) in [5, 5.41) is 0.614. The molecule has 0 aliphatic heterocycles. The minimum atomic E-state index is -3.07. The monoisotopic (exact) mass is 335 g/mol. The fourth-order valence-corrected chi connectivity index (χ4v) is 4.39. The molecule has 2 aromatic rings. The van der Waals surface area contributed by atoms with Crippen LogP contribution in [-0.4, -0.2) is 37.0 Å². The molecule has 1 aromatic heterocycles. The fourth-order valence-electron chi connectivity index (χ4n) is 3.26. The van der Waals surface area contributed by atoms with Crippen LogP contribution >= 0.6 is 0 Å². The highest BCUT2D eigenvalue weighted by molar-refractivity contribution is 7.91. The van der Waals surface area contributed by atoms with Gasteiger partial charge in [-0.25, -0.2) is 13.2 Å². The van der Waals surface area contributed by atoms with E-state index >= 15 is 0 Å². The van der Waals surface area contributed by atoms with Crippen molar-refractivity contribution in [3.05, 3.63) is 35.0 Å². The SMILES string of the molecule is Cc1[nH]c2c(C(=O)O[C@@H]3CC[C@@H](S(C)(=O)=O)C3)cccc2c1C. The minimum absolute atomic E-state index is 0.324. The van der Waals surface area contributed by atoms with Crippen molar-refractivity contribution in [1.82, 2.24) is 4.98 Å². The fraction of sp³-hybridized carbons (Fsp3) is 0.471. The first-order valence-corrected chi connectivity index (χ1v) is 9.70. The molecule has 124 valence electrons. The maximum Gasteiger partial charge on any atom is 0.340 e. The van der Waals surface area contributed by atoms with Crippen molar-refractivity contribution >= 4 is 26.7 Å². The predicted molar refractivity (Wildman–Crippen MR) is 89.5 cm³/mol. The molecule has 1 saturated carbocycles. The van der Waals surface area contributed by atoms with Crippen LogP contribution in [0.3, 0.4) is 0 Å². The maximum atomic E-state index is 12.5. The van der Waals surface area contributed by atoms with Crippen molar-refractivity contribution in [3.8, 4) is 0 Å². The second-order valence-corrected chi connectivity index (χ2v) is 8.72. The van der Waals surface area contributed by atoms with Crippen LogP contribution in [0.15, 0.2) is 18.2 Å². The summed E-state index contributed by atoms with van der Waals surface area (Å²) in [6.07, 6.45) is 2.47. The molecule has 6 heteroatoms. The Bertz CT molecular complexity index is 866. The van der Waals surface area contributed by atoms with Crippen LogP contribution in [0.4, 0.5) is 0 Å². The van der Waals surface area contributed by atoms with Crippen molar-refractivity contribution in [2.45, 2.75) is 44.5 Å². The van der Waals surface area contributed by atoms with E-state index in [9.17, 15) is 13.2 Å². The number of aromatic amines is 1. The zero-order chi connectivity index (χ0) is 16.8. The predicted octanol–water partition coefficient (Wildman–Crippen LogP) is 2.91. The minimum Gasteiger partial charge on any atom is -0.459 e. The largest absolute Gasteiger partial charge is 0.459 e. The number of H-pyrrole nitrogens is 1. The summed E-state index contributed by atoms with van der Waals surface area (Å²) in [6.45, 7) is 3.98. The van der Waals surface area contributed by atoms with Gasteiger partial charge in [-0.3, -0.25) is 0 Å². The van der Waals surface area contributed by atoms with Crippen LogP contribution in [0.5, 0.6) is 0 Å². The topological polar surface area (TPSA) is 76.2 Å². The van der Waals surface area contributed by atoms with Gasteiger partial charge in [0, 0.05) is 23.8 Å². The Hall–Kier alpha value is -1.82. The number of esters is 1. The number of ether oxygens (including phenoxy) is 1. The van der Waals surface area contributed by atoms with E-state index in [1.165, 1.54) is 6.26 Å². The third kappa shape index (κ3) is 3.00. The van der Waals surface area contributed by atoms with Crippen LogP contribution in [0.1, 0.15) is 40.9 Å². The summed E-state index contributed by atoms with van der Waals surface area (Å²) in [5.74, 6) is -0.393. The highest BCUT2D eigenvalue weighted by Crippen LogP contribution is 2.29. The Morgan fingerprint density at radius 1 is 1.26 bits per heavy atom. The van der Waals surface area contributed by atoms with Gasteiger partial charge >= 0.3 is 5.97 Å². The average Bonchev–Trinajstić information content (AvgIpc) is 3.05. The van der Waals surface area contributed by atoms with E-state index in [1.807, 2.05) is 26.0 Å². The lowest BCUT2D eigenvalue weighted by atomic mass is 10.1. The van der Waals surface area contributed by atoms with Crippen LogP contribution in [0, 0.1) is 13.8 Å². The molecule has 5 nitrogen and oxygen atoms in total. The molecule has 1 heterocycles. The number of hydrogen-bond acceptors (Lipinski definition) is 4. The highest BCUT2D eigenvalue weighted by atomic mass is 32.2. The molecular weight excluding hydrogens is 314 g/mol. The first kappa shape index (κ1) is 16.1. The third-order valence-electron chi connectivity index (χ3n) is 4.78. The summed E-state index contributed by atoms with van der Waals surface area (Å²) in [5.41, 5.74) is 3.43. The second kappa shape index (κ2) is 5.67. The van der Waals surface area contributed by atoms with Gasteiger partial charge in [0.05, 0.1) is 16.3 Å². The van der Waals surface area contributed by atoms with Gasteiger partial charge in [0.15, 0.2) is 0 Å². The molecule has 2 atom stereocenters. The van der Waals surface area contributed by atoms with Gasteiger partial charge in [0.2, 0.25) is 0 Å². The molecule has 3 rings (SSSR count). The van der Waals surface area contributed by atoms with Gasteiger partial charge in [-0.15, -0.1) is 0 Å². The number of carbonyl (C=O) groups excluding carboxylic acids is 1. The lowest BCUT2D eigenvalue weighted by Crippen LogP contribution is -2.20. The van der Waals surface area contributed by atoms with Gasteiger partial charge in [-0.2, -0.15) is 0 Å². The zero-order valence-electron chi connectivity index (χ0n) is 13.5. The molecule has 0 amide bonds. The third-order valence-corrected chi connectivity index (χ3v) is 6.42. The Balaban J connectivity index is 1.81. The maximum absolute atomic E-state index is 12.5. The van der Waals surface area contributed by atoms with Crippen molar-refractivity contribution in [3.63, 3.8) is 0 Å². The number of benzene rings is 1. The van der Waals surface area contributed by atoms with E-state index < -0.39 is 21.1 Å². The van der Waals surface area contributed by atoms with Crippen LogP contribution in [-0.2, 0) is 14.6 Å². The summed E-state index contributed by atoms with van der Waals surface area (Å²) in [7, 11) is -3.07. The van der Waals surface area contributed by atoms with Gasteiger partial charge in [0.1, 0.15) is 15.9 Å². The van der Waals surface area contributed by atoms with Gasteiger partial charge in [-0.1, -0.05) is 12.1 Å². The van der Waals surface area contributed by atoms with Gasteiger partial charge < -0.3 is 9.72 Å². The van der Waals surface area contributed by atoms with Crippen LogP contribution in [0.25, 0.3) is 10.9 Å². The number of para-hydroxylation sites is 1.